The summed E-state index contributed by atoms with van der Waals surface area (Å²) in [6.07, 6.45) is 1.76. The minimum absolute atomic E-state index is 0.197. The zero-order chi connectivity index (χ0) is 11.4. The van der Waals surface area contributed by atoms with E-state index in [4.69, 9.17) is 4.74 Å². The molecule has 1 aromatic heterocycles. The van der Waals surface area contributed by atoms with Gasteiger partial charge in [-0.05, 0) is 13.0 Å². The summed E-state index contributed by atoms with van der Waals surface area (Å²) in [6.45, 7) is 4.98. The molecule has 0 radical (unpaired) electrons. The van der Waals surface area contributed by atoms with Gasteiger partial charge in [-0.1, -0.05) is 6.07 Å². The van der Waals surface area contributed by atoms with Crippen molar-refractivity contribution in [3.8, 4) is 6.07 Å². The van der Waals surface area contributed by atoms with Crippen LogP contribution in [0.4, 0.5) is 0 Å². The third-order valence-electron chi connectivity index (χ3n) is 2.88. The lowest BCUT2D eigenvalue weighted by atomic mass is 10.1. The fourth-order valence-electron chi connectivity index (χ4n) is 1.97. The van der Waals surface area contributed by atoms with E-state index in [2.05, 4.69) is 16.0 Å². The first-order valence-corrected chi connectivity index (χ1v) is 5.46. The molecule has 16 heavy (non-hydrogen) atoms. The molecule has 1 aliphatic rings. The van der Waals surface area contributed by atoms with Crippen LogP contribution >= 0.6 is 0 Å². The van der Waals surface area contributed by atoms with Crippen LogP contribution in [0.15, 0.2) is 18.3 Å². The second kappa shape index (κ2) is 5.06. The number of rotatable bonds is 2. The monoisotopic (exact) mass is 217 g/mol. The van der Waals surface area contributed by atoms with Crippen LogP contribution in [-0.4, -0.2) is 36.2 Å². The van der Waals surface area contributed by atoms with Crippen LogP contribution in [0.5, 0.6) is 0 Å². The Morgan fingerprint density at radius 1 is 1.50 bits per heavy atom. The van der Waals surface area contributed by atoms with Gasteiger partial charge in [0.1, 0.15) is 6.04 Å². The highest BCUT2D eigenvalue weighted by molar-refractivity contribution is 5.27. The van der Waals surface area contributed by atoms with Gasteiger partial charge in [0.05, 0.1) is 19.3 Å². The molecule has 0 bridgehead atoms. The largest absolute Gasteiger partial charge is 0.379 e. The van der Waals surface area contributed by atoms with Gasteiger partial charge in [0.15, 0.2) is 0 Å². The molecule has 2 heterocycles. The molecule has 0 spiro atoms. The Balaban J connectivity index is 2.22. The van der Waals surface area contributed by atoms with Crippen molar-refractivity contribution in [3.05, 3.63) is 29.6 Å². The molecule has 0 saturated carbocycles. The van der Waals surface area contributed by atoms with Crippen LogP contribution in [0.2, 0.25) is 0 Å². The molecule has 0 aliphatic carbocycles. The van der Waals surface area contributed by atoms with E-state index in [1.54, 1.807) is 6.20 Å². The maximum Gasteiger partial charge on any atom is 0.125 e. The van der Waals surface area contributed by atoms with E-state index in [0.717, 1.165) is 24.3 Å². The maximum absolute atomic E-state index is 9.30. The summed E-state index contributed by atoms with van der Waals surface area (Å²) in [5, 5.41) is 9.30. The molecule has 0 aromatic carbocycles. The highest BCUT2D eigenvalue weighted by atomic mass is 16.5. The van der Waals surface area contributed by atoms with E-state index < -0.39 is 0 Å². The summed E-state index contributed by atoms with van der Waals surface area (Å²) in [6, 6.07) is 6.02. The van der Waals surface area contributed by atoms with Gasteiger partial charge < -0.3 is 4.74 Å². The van der Waals surface area contributed by atoms with Crippen molar-refractivity contribution < 1.29 is 4.74 Å². The summed E-state index contributed by atoms with van der Waals surface area (Å²) < 4.78 is 5.29. The predicted molar refractivity (Wildman–Crippen MR) is 59.7 cm³/mol. The lowest BCUT2D eigenvalue weighted by molar-refractivity contribution is 0.0265. The van der Waals surface area contributed by atoms with E-state index in [1.165, 1.54) is 0 Å². The number of hydrogen-bond donors (Lipinski definition) is 0. The molecule has 1 aromatic rings. The van der Waals surface area contributed by atoms with Crippen molar-refractivity contribution in [1.82, 2.24) is 9.88 Å². The number of aromatic nitrogens is 1. The van der Waals surface area contributed by atoms with Gasteiger partial charge in [0, 0.05) is 30.5 Å². The number of pyridine rings is 1. The average molecular weight is 217 g/mol. The standard InChI is InChI=1S/C12H15N3O/c1-10-11(3-2-4-14-10)12(9-13)15-5-7-16-8-6-15/h2-4,12H,5-8H2,1H3. The SMILES string of the molecule is Cc1ncccc1C(C#N)N1CCOCC1. The first-order chi connectivity index (χ1) is 7.83. The molecule has 4 heteroatoms. The van der Waals surface area contributed by atoms with Crippen molar-refractivity contribution in [3.63, 3.8) is 0 Å². The summed E-state index contributed by atoms with van der Waals surface area (Å²) in [5.41, 5.74) is 1.94. The lowest BCUT2D eigenvalue weighted by Crippen LogP contribution is -2.38. The first kappa shape index (κ1) is 11.1. The molecule has 0 N–H and O–H groups in total. The van der Waals surface area contributed by atoms with Crippen molar-refractivity contribution >= 4 is 0 Å². The molecule has 1 aliphatic heterocycles. The van der Waals surface area contributed by atoms with Gasteiger partial charge in [0.2, 0.25) is 0 Å². The number of hydrogen-bond acceptors (Lipinski definition) is 4. The van der Waals surface area contributed by atoms with Crippen LogP contribution < -0.4 is 0 Å². The third kappa shape index (κ3) is 2.21. The lowest BCUT2D eigenvalue weighted by Gasteiger charge is -2.31. The van der Waals surface area contributed by atoms with Gasteiger partial charge in [0.25, 0.3) is 0 Å². The molecule has 1 atom stereocenters. The van der Waals surface area contributed by atoms with Gasteiger partial charge in [-0.25, -0.2) is 0 Å². The van der Waals surface area contributed by atoms with Crippen LogP contribution in [0.1, 0.15) is 17.3 Å². The molecule has 84 valence electrons. The minimum Gasteiger partial charge on any atom is -0.379 e. The Hall–Kier alpha value is -1.44. The van der Waals surface area contributed by atoms with E-state index >= 15 is 0 Å². The molecular formula is C12H15N3O. The normalized spacial score (nSPS) is 19.0. The maximum atomic E-state index is 9.30. The van der Waals surface area contributed by atoms with Crippen LogP contribution in [-0.2, 0) is 4.74 Å². The van der Waals surface area contributed by atoms with Crippen molar-refractivity contribution in [1.29, 1.82) is 5.26 Å². The molecule has 4 nitrogen and oxygen atoms in total. The topological polar surface area (TPSA) is 49.2 Å². The quantitative estimate of drug-likeness (QED) is 0.749. The second-order valence-corrected chi connectivity index (χ2v) is 3.86. The predicted octanol–water partition coefficient (Wildman–Crippen LogP) is 1.29. The zero-order valence-corrected chi connectivity index (χ0v) is 9.39. The van der Waals surface area contributed by atoms with E-state index in [1.807, 2.05) is 19.1 Å². The van der Waals surface area contributed by atoms with Gasteiger partial charge >= 0.3 is 0 Å². The fourth-order valence-corrected chi connectivity index (χ4v) is 1.97. The molecule has 2 rings (SSSR count). The summed E-state index contributed by atoms with van der Waals surface area (Å²) in [5.74, 6) is 0. The molecule has 1 fully saturated rings. The Morgan fingerprint density at radius 2 is 2.25 bits per heavy atom. The molecular weight excluding hydrogens is 202 g/mol. The minimum atomic E-state index is -0.197. The van der Waals surface area contributed by atoms with Crippen molar-refractivity contribution in [2.45, 2.75) is 13.0 Å². The number of morpholine rings is 1. The van der Waals surface area contributed by atoms with Gasteiger partial charge in [-0.3, -0.25) is 9.88 Å². The summed E-state index contributed by atoms with van der Waals surface area (Å²) in [7, 11) is 0. The number of ether oxygens (including phenoxy) is 1. The van der Waals surface area contributed by atoms with Crippen molar-refractivity contribution in [2.24, 2.45) is 0 Å². The van der Waals surface area contributed by atoms with E-state index in [0.29, 0.717) is 13.2 Å². The average Bonchev–Trinajstić information content (AvgIpc) is 2.34. The van der Waals surface area contributed by atoms with Gasteiger partial charge in [-0.2, -0.15) is 5.26 Å². The van der Waals surface area contributed by atoms with Gasteiger partial charge in [-0.15, -0.1) is 0 Å². The molecule has 0 amide bonds. The Labute approximate surface area is 95.5 Å². The number of nitriles is 1. The Bertz CT molecular complexity index is 393. The van der Waals surface area contributed by atoms with Crippen LogP contribution in [0.3, 0.4) is 0 Å². The second-order valence-electron chi connectivity index (χ2n) is 3.86. The summed E-state index contributed by atoms with van der Waals surface area (Å²) in [4.78, 5) is 6.38. The van der Waals surface area contributed by atoms with Crippen LogP contribution in [0, 0.1) is 18.3 Å². The third-order valence-corrected chi connectivity index (χ3v) is 2.88. The number of aryl methyl sites for hydroxylation is 1. The first-order valence-electron chi connectivity index (χ1n) is 5.46. The smallest absolute Gasteiger partial charge is 0.125 e. The Kier molecular flexibility index (Phi) is 3.50. The number of nitrogens with zero attached hydrogens (tertiary/aromatic N) is 3. The van der Waals surface area contributed by atoms with E-state index in [-0.39, 0.29) is 6.04 Å². The zero-order valence-electron chi connectivity index (χ0n) is 9.39. The van der Waals surface area contributed by atoms with Crippen molar-refractivity contribution in [2.75, 3.05) is 26.3 Å². The Morgan fingerprint density at radius 3 is 2.88 bits per heavy atom. The molecule has 1 saturated heterocycles. The fraction of sp³-hybridized carbons (Fsp3) is 0.500. The summed E-state index contributed by atoms with van der Waals surface area (Å²) >= 11 is 0. The van der Waals surface area contributed by atoms with E-state index in [9.17, 15) is 5.26 Å². The molecule has 1 unspecified atom stereocenters. The highest BCUT2D eigenvalue weighted by Crippen LogP contribution is 2.22. The van der Waals surface area contributed by atoms with Crippen LogP contribution in [0.25, 0.3) is 0 Å². The highest BCUT2D eigenvalue weighted by Gasteiger charge is 2.23.